The summed E-state index contributed by atoms with van der Waals surface area (Å²) in [6.45, 7) is 5.10. The minimum Gasteiger partial charge on any atom is -0.314 e. The third-order valence-corrected chi connectivity index (χ3v) is 3.68. The maximum absolute atomic E-state index is 12.4. The Labute approximate surface area is 95.8 Å². The average Bonchev–Trinajstić information content (AvgIpc) is 2.25. The van der Waals surface area contributed by atoms with Crippen LogP contribution < -0.4 is 5.32 Å². The molecule has 1 aliphatic carbocycles. The fourth-order valence-electron chi connectivity index (χ4n) is 2.21. The maximum Gasteiger partial charge on any atom is 0.391 e. The van der Waals surface area contributed by atoms with Crippen LogP contribution in [-0.4, -0.2) is 18.8 Å². The van der Waals surface area contributed by atoms with E-state index in [2.05, 4.69) is 19.2 Å². The molecule has 0 heterocycles. The number of alkyl halides is 3. The van der Waals surface area contributed by atoms with Crippen LogP contribution in [0.25, 0.3) is 0 Å². The minimum absolute atomic E-state index is 0.316. The first-order valence-electron chi connectivity index (χ1n) is 6.23. The molecule has 0 spiro atoms. The van der Waals surface area contributed by atoms with Crippen LogP contribution in [-0.2, 0) is 0 Å². The van der Waals surface area contributed by atoms with Gasteiger partial charge in [-0.1, -0.05) is 6.92 Å². The Bertz CT molecular complexity index is 195. The van der Waals surface area contributed by atoms with E-state index in [9.17, 15) is 13.2 Å². The van der Waals surface area contributed by atoms with Gasteiger partial charge in [0.1, 0.15) is 0 Å². The highest BCUT2D eigenvalue weighted by Crippen LogP contribution is 2.39. The number of rotatable bonds is 4. The van der Waals surface area contributed by atoms with E-state index in [1.54, 1.807) is 0 Å². The molecule has 0 aromatic heterocycles. The first-order valence-corrected chi connectivity index (χ1v) is 6.23. The van der Waals surface area contributed by atoms with Crippen molar-refractivity contribution in [1.29, 1.82) is 0 Å². The number of hydrogen-bond donors (Lipinski definition) is 1. The van der Waals surface area contributed by atoms with Crippen molar-refractivity contribution in [3.63, 3.8) is 0 Å². The standard InChI is InChI=1S/C12H22F3N/c1-3-9(2)16-8-10-4-6-11(7-5-10)12(13,14)15/h9-11,16H,3-8H2,1-2H3. The summed E-state index contributed by atoms with van der Waals surface area (Å²) in [5, 5.41) is 3.37. The number of nitrogens with one attached hydrogen (secondary N) is 1. The Morgan fingerprint density at radius 2 is 1.75 bits per heavy atom. The lowest BCUT2D eigenvalue weighted by atomic mass is 9.81. The molecule has 1 unspecified atom stereocenters. The SMILES string of the molecule is CCC(C)NCC1CCC(C(F)(F)F)CC1. The summed E-state index contributed by atoms with van der Waals surface area (Å²) in [6.07, 6.45) is -0.846. The fraction of sp³-hybridized carbons (Fsp3) is 1.00. The highest BCUT2D eigenvalue weighted by molar-refractivity contribution is 4.78. The molecule has 16 heavy (non-hydrogen) atoms. The van der Waals surface area contributed by atoms with Crippen LogP contribution in [0.1, 0.15) is 46.0 Å². The van der Waals surface area contributed by atoms with E-state index in [1.165, 1.54) is 0 Å². The van der Waals surface area contributed by atoms with Crippen molar-refractivity contribution >= 4 is 0 Å². The smallest absolute Gasteiger partial charge is 0.314 e. The fourth-order valence-corrected chi connectivity index (χ4v) is 2.21. The summed E-state index contributed by atoms with van der Waals surface area (Å²) >= 11 is 0. The molecule has 0 amide bonds. The van der Waals surface area contributed by atoms with Gasteiger partial charge >= 0.3 is 6.18 Å². The van der Waals surface area contributed by atoms with Crippen LogP contribution in [0, 0.1) is 11.8 Å². The normalized spacial score (nSPS) is 29.1. The van der Waals surface area contributed by atoms with Gasteiger partial charge in [0, 0.05) is 6.04 Å². The van der Waals surface area contributed by atoms with Gasteiger partial charge in [-0.05, 0) is 51.5 Å². The van der Waals surface area contributed by atoms with Gasteiger partial charge in [0.05, 0.1) is 5.92 Å². The molecule has 96 valence electrons. The van der Waals surface area contributed by atoms with Crippen LogP contribution in [0.5, 0.6) is 0 Å². The van der Waals surface area contributed by atoms with Gasteiger partial charge in [-0.3, -0.25) is 0 Å². The topological polar surface area (TPSA) is 12.0 Å². The summed E-state index contributed by atoms with van der Waals surface area (Å²) in [5.41, 5.74) is 0. The maximum atomic E-state index is 12.4. The quantitative estimate of drug-likeness (QED) is 0.785. The first-order chi connectivity index (χ1) is 7.43. The molecule has 0 bridgehead atoms. The number of hydrogen-bond acceptors (Lipinski definition) is 1. The molecule has 4 heteroatoms. The molecule has 1 atom stereocenters. The summed E-state index contributed by atoms with van der Waals surface area (Å²) in [7, 11) is 0. The van der Waals surface area contributed by atoms with Gasteiger partial charge in [-0.2, -0.15) is 13.2 Å². The second-order valence-electron chi connectivity index (χ2n) is 4.98. The van der Waals surface area contributed by atoms with Gasteiger partial charge in [0.15, 0.2) is 0 Å². The Morgan fingerprint density at radius 1 is 1.19 bits per heavy atom. The van der Waals surface area contributed by atoms with E-state index in [4.69, 9.17) is 0 Å². The Morgan fingerprint density at radius 3 is 2.19 bits per heavy atom. The zero-order valence-corrected chi connectivity index (χ0v) is 10.1. The summed E-state index contributed by atoms with van der Waals surface area (Å²) < 4.78 is 37.3. The van der Waals surface area contributed by atoms with E-state index in [-0.39, 0.29) is 0 Å². The molecule has 0 aromatic carbocycles. The summed E-state index contributed by atoms with van der Waals surface area (Å²) in [4.78, 5) is 0. The monoisotopic (exact) mass is 237 g/mol. The minimum atomic E-state index is -3.98. The van der Waals surface area contributed by atoms with Crippen molar-refractivity contribution in [3.8, 4) is 0 Å². The zero-order valence-electron chi connectivity index (χ0n) is 10.1. The van der Waals surface area contributed by atoms with Crippen molar-refractivity contribution in [2.45, 2.75) is 58.2 Å². The molecular formula is C12H22F3N. The Hall–Kier alpha value is -0.250. The van der Waals surface area contributed by atoms with E-state index in [0.717, 1.165) is 13.0 Å². The number of halogens is 3. The van der Waals surface area contributed by atoms with E-state index >= 15 is 0 Å². The van der Waals surface area contributed by atoms with Crippen LogP contribution in [0.15, 0.2) is 0 Å². The molecule has 0 aliphatic heterocycles. The van der Waals surface area contributed by atoms with Crippen LogP contribution in [0.3, 0.4) is 0 Å². The molecule has 1 aliphatic rings. The highest BCUT2D eigenvalue weighted by atomic mass is 19.4. The average molecular weight is 237 g/mol. The molecule has 1 rings (SSSR count). The highest BCUT2D eigenvalue weighted by Gasteiger charge is 2.41. The predicted molar refractivity (Wildman–Crippen MR) is 59.3 cm³/mol. The molecular weight excluding hydrogens is 215 g/mol. The van der Waals surface area contributed by atoms with Gasteiger partial charge in [0.25, 0.3) is 0 Å². The molecule has 1 N–H and O–H groups in total. The molecule has 0 aromatic rings. The second-order valence-corrected chi connectivity index (χ2v) is 4.98. The Kier molecular flexibility index (Phi) is 5.09. The second kappa shape index (κ2) is 5.89. The molecule has 1 saturated carbocycles. The van der Waals surface area contributed by atoms with Crippen molar-refractivity contribution < 1.29 is 13.2 Å². The van der Waals surface area contributed by atoms with Crippen molar-refractivity contribution in [3.05, 3.63) is 0 Å². The molecule has 0 saturated heterocycles. The van der Waals surface area contributed by atoms with E-state index in [1.807, 2.05) is 0 Å². The van der Waals surface area contributed by atoms with Gasteiger partial charge in [-0.15, -0.1) is 0 Å². The molecule has 1 fully saturated rings. The lowest BCUT2D eigenvalue weighted by molar-refractivity contribution is -0.183. The summed E-state index contributed by atoms with van der Waals surface area (Å²) in [6, 6.07) is 0.473. The van der Waals surface area contributed by atoms with Crippen molar-refractivity contribution in [2.24, 2.45) is 11.8 Å². The van der Waals surface area contributed by atoms with Crippen molar-refractivity contribution in [1.82, 2.24) is 5.32 Å². The third kappa shape index (κ3) is 4.32. The third-order valence-electron chi connectivity index (χ3n) is 3.68. The van der Waals surface area contributed by atoms with Crippen LogP contribution >= 0.6 is 0 Å². The predicted octanol–water partition coefficient (Wildman–Crippen LogP) is 3.74. The molecule has 1 nitrogen and oxygen atoms in total. The zero-order chi connectivity index (χ0) is 12.2. The van der Waals surface area contributed by atoms with Gasteiger partial charge < -0.3 is 5.32 Å². The molecule has 0 radical (unpaired) electrons. The van der Waals surface area contributed by atoms with Gasteiger partial charge in [0.2, 0.25) is 0 Å². The summed E-state index contributed by atoms with van der Waals surface area (Å²) in [5.74, 6) is -0.611. The van der Waals surface area contributed by atoms with E-state index < -0.39 is 12.1 Å². The van der Waals surface area contributed by atoms with Crippen LogP contribution in [0.4, 0.5) is 13.2 Å². The first kappa shape index (κ1) is 13.8. The largest absolute Gasteiger partial charge is 0.391 e. The lowest BCUT2D eigenvalue weighted by Crippen LogP contribution is -2.34. The van der Waals surface area contributed by atoms with E-state index in [0.29, 0.717) is 37.6 Å². The van der Waals surface area contributed by atoms with Gasteiger partial charge in [-0.25, -0.2) is 0 Å². The van der Waals surface area contributed by atoms with Crippen molar-refractivity contribution in [2.75, 3.05) is 6.54 Å². The Balaban J connectivity index is 2.22. The van der Waals surface area contributed by atoms with Crippen LogP contribution in [0.2, 0.25) is 0 Å². The lowest BCUT2D eigenvalue weighted by Gasteiger charge is -2.30.